The first-order valence-electron chi connectivity index (χ1n) is 6.18. The molecule has 3 rings (SSSR count). The lowest BCUT2D eigenvalue weighted by Gasteiger charge is -2.09. The van der Waals surface area contributed by atoms with Gasteiger partial charge in [0, 0.05) is 23.2 Å². The van der Waals surface area contributed by atoms with Crippen LogP contribution in [0.15, 0.2) is 42.6 Å². The van der Waals surface area contributed by atoms with E-state index in [1.165, 1.54) is 12.3 Å². The van der Waals surface area contributed by atoms with E-state index in [9.17, 15) is 8.78 Å². The molecule has 0 spiro atoms. The van der Waals surface area contributed by atoms with Crippen LogP contribution in [0.3, 0.4) is 0 Å². The van der Waals surface area contributed by atoms with Crippen LogP contribution in [0, 0.1) is 11.6 Å². The Hall–Kier alpha value is -2.20. The molecule has 2 nitrogen and oxygen atoms in total. The van der Waals surface area contributed by atoms with Crippen LogP contribution in [0.1, 0.15) is 0 Å². The van der Waals surface area contributed by atoms with Gasteiger partial charge in [0.15, 0.2) is 5.82 Å². The van der Waals surface area contributed by atoms with E-state index in [1.54, 1.807) is 25.3 Å². The number of benzene rings is 2. The van der Waals surface area contributed by atoms with Crippen molar-refractivity contribution in [2.45, 2.75) is 0 Å². The van der Waals surface area contributed by atoms with E-state index in [2.05, 4.69) is 4.98 Å². The predicted molar refractivity (Wildman–Crippen MR) is 78.7 cm³/mol. The molecule has 5 heteroatoms. The Bertz CT molecular complexity index is 836. The van der Waals surface area contributed by atoms with Crippen LogP contribution in [0.5, 0.6) is 5.75 Å². The van der Waals surface area contributed by atoms with Gasteiger partial charge in [0.25, 0.3) is 0 Å². The van der Waals surface area contributed by atoms with Crippen molar-refractivity contribution in [1.29, 1.82) is 0 Å². The Morgan fingerprint density at radius 3 is 2.71 bits per heavy atom. The number of aromatic nitrogens is 1. The predicted octanol–water partition coefficient (Wildman–Crippen LogP) is 4.84. The lowest BCUT2D eigenvalue weighted by atomic mass is 10.0. The zero-order valence-corrected chi connectivity index (χ0v) is 11.8. The van der Waals surface area contributed by atoms with Crippen LogP contribution in [0.25, 0.3) is 22.0 Å². The van der Waals surface area contributed by atoms with Crippen LogP contribution < -0.4 is 4.74 Å². The summed E-state index contributed by atoms with van der Waals surface area (Å²) in [5.74, 6) is -0.760. The van der Waals surface area contributed by atoms with Crippen molar-refractivity contribution in [3.05, 3.63) is 59.3 Å². The summed E-state index contributed by atoms with van der Waals surface area (Å²) in [6, 6.07) is 9.18. The smallest absolute Gasteiger partial charge is 0.152 e. The highest BCUT2D eigenvalue weighted by molar-refractivity contribution is 6.38. The van der Waals surface area contributed by atoms with Crippen molar-refractivity contribution >= 4 is 22.5 Å². The quantitative estimate of drug-likeness (QED) is 0.675. The molecular formula is C16H10ClF2NO. The second kappa shape index (κ2) is 5.30. The van der Waals surface area contributed by atoms with Crippen molar-refractivity contribution in [1.82, 2.24) is 4.98 Å². The van der Waals surface area contributed by atoms with E-state index in [4.69, 9.17) is 16.3 Å². The first kappa shape index (κ1) is 13.8. The first-order chi connectivity index (χ1) is 10.1. The molecule has 0 fully saturated rings. The normalized spacial score (nSPS) is 10.9. The maximum Gasteiger partial charge on any atom is 0.152 e. The van der Waals surface area contributed by atoms with E-state index in [0.717, 1.165) is 11.6 Å². The summed E-state index contributed by atoms with van der Waals surface area (Å²) in [6.07, 6.45) is 1.47. The lowest BCUT2D eigenvalue weighted by molar-refractivity contribution is 0.415. The minimum absolute atomic E-state index is 0.0491. The molecule has 0 saturated carbocycles. The Balaban J connectivity index is 2.26. The summed E-state index contributed by atoms with van der Waals surface area (Å²) in [5, 5.41) is 0.501. The second-order valence-corrected chi connectivity index (χ2v) is 4.88. The van der Waals surface area contributed by atoms with E-state index < -0.39 is 11.6 Å². The summed E-state index contributed by atoms with van der Waals surface area (Å²) in [5.41, 5.74) is 1.40. The number of methoxy groups -OCH3 is 1. The molecule has 0 saturated heterocycles. The van der Waals surface area contributed by atoms with Crippen LogP contribution in [0.4, 0.5) is 8.78 Å². The molecule has 1 heterocycles. The van der Waals surface area contributed by atoms with Gasteiger partial charge in [0.2, 0.25) is 0 Å². The number of halogens is 3. The molecule has 21 heavy (non-hydrogen) atoms. The third-order valence-corrected chi connectivity index (χ3v) is 3.61. The molecule has 0 unspecified atom stereocenters. The Kier molecular flexibility index (Phi) is 3.47. The molecule has 0 N–H and O–H groups in total. The van der Waals surface area contributed by atoms with E-state index in [-0.39, 0.29) is 15.9 Å². The van der Waals surface area contributed by atoms with Gasteiger partial charge in [-0.25, -0.2) is 8.78 Å². The topological polar surface area (TPSA) is 22.1 Å². The number of fused-ring (bicyclic) bond motifs is 1. The number of nitrogens with zero attached hydrogens (tertiary/aromatic N) is 1. The molecule has 0 radical (unpaired) electrons. The first-order valence-corrected chi connectivity index (χ1v) is 6.55. The summed E-state index contributed by atoms with van der Waals surface area (Å²) in [4.78, 5) is 4.05. The third-order valence-electron chi connectivity index (χ3n) is 3.20. The number of hydrogen-bond donors (Lipinski definition) is 0. The van der Waals surface area contributed by atoms with Crippen LogP contribution in [-0.4, -0.2) is 12.1 Å². The van der Waals surface area contributed by atoms with Crippen molar-refractivity contribution < 1.29 is 13.5 Å². The van der Waals surface area contributed by atoms with Crippen molar-refractivity contribution in [3.63, 3.8) is 0 Å². The Labute approximate surface area is 125 Å². The fraction of sp³-hybridized carbons (Fsp3) is 0.0625. The van der Waals surface area contributed by atoms with Crippen LogP contribution in [-0.2, 0) is 0 Å². The standard InChI is InChI=1S/C16H10ClF2NO/c1-21-11-4-2-3-9(5-11)13-8-20-16-12(15(13)17)6-10(18)7-14(16)19/h2-8H,1H3. The molecule has 3 aromatic rings. The summed E-state index contributed by atoms with van der Waals surface area (Å²) >= 11 is 6.30. The molecule has 1 aromatic heterocycles. The minimum atomic E-state index is -0.732. The summed E-state index contributed by atoms with van der Waals surface area (Å²) in [6.45, 7) is 0. The van der Waals surface area contributed by atoms with Gasteiger partial charge in [-0.15, -0.1) is 0 Å². The average Bonchev–Trinajstić information content (AvgIpc) is 2.48. The molecule has 0 aliphatic heterocycles. The fourth-order valence-corrected chi connectivity index (χ4v) is 2.49. The van der Waals surface area contributed by atoms with E-state index in [1.807, 2.05) is 6.07 Å². The average molecular weight is 306 g/mol. The van der Waals surface area contributed by atoms with Crippen LogP contribution >= 0.6 is 11.6 Å². The minimum Gasteiger partial charge on any atom is -0.497 e. The molecule has 106 valence electrons. The van der Waals surface area contributed by atoms with Gasteiger partial charge < -0.3 is 4.74 Å². The number of rotatable bonds is 2. The SMILES string of the molecule is COc1cccc(-c2cnc3c(F)cc(F)cc3c2Cl)c1. The Morgan fingerprint density at radius 1 is 1.14 bits per heavy atom. The molecule has 2 aromatic carbocycles. The maximum absolute atomic E-state index is 13.7. The number of hydrogen-bond acceptors (Lipinski definition) is 2. The third kappa shape index (κ3) is 2.43. The molecule has 0 bridgehead atoms. The van der Waals surface area contributed by atoms with Crippen LogP contribution in [0.2, 0.25) is 5.02 Å². The molecule has 0 amide bonds. The van der Waals surface area contributed by atoms with Gasteiger partial charge in [-0.3, -0.25) is 4.98 Å². The molecule has 0 atom stereocenters. The van der Waals surface area contributed by atoms with E-state index >= 15 is 0 Å². The van der Waals surface area contributed by atoms with Gasteiger partial charge in [-0.05, 0) is 23.8 Å². The van der Waals surface area contributed by atoms with Gasteiger partial charge in [0.1, 0.15) is 17.1 Å². The van der Waals surface area contributed by atoms with Gasteiger partial charge in [0.05, 0.1) is 12.1 Å². The largest absolute Gasteiger partial charge is 0.497 e. The van der Waals surface area contributed by atoms with Gasteiger partial charge in [-0.2, -0.15) is 0 Å². The highest BCUT2D eigenvalue weighted by Crippen LogP contribution is 2.35. The van der Waals surface area contributed by atoms with Crippen molar-refractivity contribution in [2.75, 3.05) is 7.11 Å². The lowest BCUT2D eigenvalue weighted by Crippen LogP contribution is -1.91. The number of pyridine rings is 1. The molecule has 0 aliphatic carbocycles. The highest BCUT2D eigenvalue weighted by atomic mass is 35.5. The summed E-state index contributed by atoms with van der Waals surface area (Å²) < 4.78 is 32.2. The second-order valence-electron chi connectivity index (χ2n) is 4.50. The zero-order chi connectivity index (χ0) is 15.0. The monoisotopic (exact) mass is 305 g/mol. The highest BCUT2D eigenvalue weighted by Gasteiger charge is 2.13. The van der Waals surface area contributed by atoms with Gasteiger partial charge in [-0.1, -0.05) is 23.7 Å². The molecule has 0 aliphatic rings. The summed E-state index contributed by atoms with van der Waals surface area (Å²) in [7, 11) is 1.56. The molecular weight excluding hydrogens is 296 g/mol. The Morgan fingerprint density at radius 2 is 1.95 bits per heavy atom. The number of ether oxygens (including phenoxy) is 1. The van der Waals surface area contributed by atoms with Crippen molar-refractivity contribution in [2.24, 2.45) is 0 Å². The zero-order valence-electron chi connectivity index (χ0n) is 11.0. The van der Waals surface area contributed by atoms with Gasteiger partial charge >= 0.3 is 0 Å². The van der Waals surface area contributed by atoms with E-state index in [0.29, 0.717) is 11.3 Å². The van der Waals surface area contributed by atoms with Crippen molar-refractivity contribution in [3.8, 4) is 16.9 Å². The maximum atomic E-state index is 13.7. The fourth-order valence-electron chi connectivity index (χ4n) is 2.19.